The molecule has 0 saturated heterocycles. The molecule has 0 bridgehead atoms. The SMILES string of the molecule is c1ccc(Oc2cccc(Oc3cc(-n4c5ccccc5c5cccnc54)co3)c2)nc1. The predicted octanol–water partition coefficient (Wildman–Crippen LogP) is 6.75. The Morgan fingerprint density at radius 2 is 1.50 bits per heavy atom. The van der Waals surface area contributed by atoms with Crippen molar-refractivity contribution in [3.8, 4) is 29.0 Å². The van der Waals surface area contributed by atoms with E-state index in [2.05, 4.69) is 32.7 Å². The zero-order chi connectivity index (χ0) is 21.3. The van der Waals surface area contributed by atoms with E-state index in [0.29, 0.717) is 23.3 Å². The lowest BCUT2D eigenvalue weighted by Crippen LogP contribution is -1.92. The highest BCUT2D eigenvalue weighted by molar-refractivity contribution is 6.07. The number of fused-ring (bicyclic) bond motifs is 3. The van der Waals surface area contributed by atoms with Crippen molar-refractivity contribution >= 4 is 21.9 Å². The van der Waals surface area contributed by atoms with Gasteiger partial charge >= 0.3 is 0 Å². The first kappa shape index (κ1) is 18.2. The van der Waals surface area contributed by atoms with Crippen molar-refractivity contribution in [3.05, 3.63) is 104 Å². The molecule has 4 aromatic heterocycles. The van der Waals surface area contributed by atoms with Gasteiger partial charge in [-0.1, -0.05) is 30.3 Å². The number of furan rings is 1. The average molecular weight is 419 g/mol. The topological polar surface area (TPSA) is 62.3 Å². The molecule has 6 aromatic rings. The highest BCUT2D eigenvalue weighted by atomic mass is 16.6. The van der Waals surface area contributed by atoms with E-state index in [1.807, 2.05) is 54.6 Å². The van der Waals surface area contributed by atoms with Crippen molar-refractivity contribution < 1.29 is 13.9 Å². The second-order valence-electron chi connectivity index (χ2n) is 7.20. The van der Waals surface area contributed by atoms with E-state index in [0.717, 1.165) is 27.6 Å². The molecule has 6 rings (SSSR count). The average Bonchev–Trinajstić information content (AvgIpc) is 3.42. The maximum absolute atomic E-state index is 5.96. The summed E-state index contributed by atoms with van der Waals surface area (Å²) in [6, 6.07) is 26.9. The molecular formula is C26H17N3O3. The Balaban J connectivity index is 1.32. The smallest absolute Gasteiger partial charge is 0.291 e. The van der Waals surface area contributed by atoms with E-state index in [9.17, 15) is 0 Å². The minimum absolute atomic E-state index is 0.372. The minimum atomic E-state index is 0.372. The Morgan fingerprint density at radius 1 is 0.688 bits per heavy atom. The largest absolute Gasteiger partial charge is 0.439 e. The van der Waals surface area contributed by atoms with Crippen LogP contribution in [-0.2, 0) is 0 Å². The predicted molar refractivity (Wildman–Crippen MR) is 122 cm³/mol. The van der Waals surface area contributed by atoms with Gasteiger partial charge in [-0.25, -0.2) is 9.97 Å². The minimum Gasteiger partial charge on any atom is -0.439 e. The highest BCUT2D eigenvalue weighted by Gasteiger charge is 2.15. The third kappa shape index (κ3) is 3.24. The third-order valence-electron chi connectivity index (χ3n) is 5.14. The Bertz CT molecular complexity index is 1480. The molecule has 0 aliphatic carbocycles. The molecule has 0 spiro atoms. The molecule has 32 heavy (non-hydrogen) atoms. The van der Waals surface area contributed by atoms with Crippen LogP contribution in [-0.4, -0.2) is 14.5 Å². The first-order valence-corrected chi connectivity index (χ1v) is 10.1. The van der Waals surface area contributed by atoms with E-state index in [1.165, 1.54) is 0 Å². The van der Waals surface area contributed by atoms with Gasteiger partial charge in [-0.15, -0.1) is 0 Å². The molecule has 0 fully saturated rings. The molecule has 0 unspecified atom stereocenters. The fraction of sp³-hybridized carbons (Fsp3) is 0. The summed E-state index contributed by atoms with van der Waals surface area (Å²) in [6.07, 6.45) is 5.15. The first-order valence-electron chi connectivity index (χ1n) is 10.1. The standard InChI is InChI=1S/C26H17N3O3/c1-2-11-23-21(9-1)22-10-6-14-28-26(22)29(23)18-15-25(30-17-18)32-20-8-5-7-19(16-20)31-24-12-3-4-13-27-24/h1-17H. The zero-order valence-electron chi connectivity index (χ0n) is 16.9. The van der Waals surface area contributed by atoms with Crippen LogP contribution in [0.5, 0.6) is 23.3 Å². The Kier molecular flexibility index (Phi) is 4.32. The Morgan fingerprint density at radius 3 is 2.41 bits per heavy atom. The van der Waals surface area contributed by atoms with Gasteiger partial charge in [0.15, 0.2) is 0 Å². The van der Waals surface area contributed by atoms with Gasteiger partial charge in [0.05, 0.1) is 11.2 Å². The molecule has 4 heterocycles. The number of nitrogens with zero attached hydrogens (tertiary/aromatic N) is 3. The van der Waals surface area contributed by atoms with E-state index in [-0.39, 0.29) is 0 Å². The molecule has 0 saturated carbocycles. The van der Waals surface area contributed by atoms with Crippen LogP contribution in [0.4, 0.5) is 0 Å². The summed E-state index contributed by atoms with van der Waals surface area (Å²) >= 11 is 0. The van der Waals surface area contributed by atoms with Gasteiger partial charge in [0, 0.05) is 41.4 Å². The van der Waals surface area contributed by atoms with Crippen molar-refractivity contribution in [1.82, 2.24) is 14.5 Å². The maximum atomic E-state index is 5.96. The number of rotatable bonds is 5. The summed E-state index contributed by atoms with van der Waals surface area (Å²) in [6.45, 7) is 0. The van der Waals surface area contributed by atoms with Crippen molar-refractivity contribution in [2.24, 2.45) is 0 Å². The molecule has 0 radical (unpaired) electrons. The van der Waals surface area contributed by atoms with Crippen LogP contribution < -0.4 is 9.47 Å². The molecule has 0 amide bonds. The molecule has 154 valence electrons. The fourth-order valence-electron chi connectivity index (χ4n) is 3.78. The van der Waals surface area contributed by atoms with Gasteiger partial charge in [0.1, 0.15) is 23.4 Å². The number of benzene rings is 2. The van der Waals surface area contributed by atoms with Crippen LogP contribution in [0.2, 0.25) is 0 Å². The summed E-state index contributed by atoms with van der Waals surface area (Å²) in [5.41, 5.74) is 2.76. The number of hydrogen-bond donors (Lipinski definition) is 0. The Hall–Kier alpha value is -4.58. The quantitative estimate of drug-likeness (QED) is 0.309. The van der Waals surface area contributed by atoms with E-state index < -0.39 is 0 Å². The lowest BCUT2D eigenvalue weighted by atomic mass is 10.2. The second-order valence-corrected chi connectivity index (χ2v) is 7.20. The van der Waals surface area contributed by atoms with Crippen LogP contribution in [0, 0.1) is 0 Å². The summed E-state index contributed by atoms with van der Waals surface area (Å²) in [5.74, 6) is 2.11. The summed E-state index contributed by atoms with van der Waals surface area (Å²) < 4.78 is 19.5. The van der Waals surface area contributed by atoms with Crippen molar-refractivity contribution in [2.75, 3.05) is 0 Å². The molecule has 2 aromatic carbocycles. The number of aromatic nitrogens is 3. The van der Waals surface area contributed by atoms with Crippen LogP contribution in [0.1, 0.15) is 0 Å². The van der Waals surface area contributed by atoms with E-state index >= 15 is 0 Å². The fourth-order valence-corrected chi connectivity index (χ4v) is 3.78. The molecule has 6 heteroatoms. The molecule has 0 aliphatic heterocycles. The highest BCUT2D eigenvalue weighted by Crippen LogP contribution is 2.34. The van der Waals surface area contributed by atoms with Gasteiger partial charge in [-0.05, 0) is 36.4 Å². The molecule has 0 N–H and O–H groups in total. The van der Waals surface area contributed by atoms with Crippen molar-refractivity contribution in [1.29, 1.82) is 0 Å². The van der Waals surface area contributed by atoms with Gasteiger partial charge < -0.3 is 13.9 Å². The molecular weight excluding hydrogens is 402 g/mol. The lowest BCUT2D eigenvalue weighted by Gasteiger charge is -2.06. The van der Waals surface area contributed by atoms with Crippen LogP contribution in [0.25, 0.3) is 27.6 Å². The van der Waals surface area contributed by atoms with Crippen molar-refractivity contribution in [2.45, 2.75) is 0 Å². The van der Waals surface area contributed by atoms with Crippen LogP contribution in [0.15, 0.2) is 108 Å². The number of pyridine rings is 2. The number of hydrogen-bond acceptors (Lipinski definition) is 5. The monoisotopic (exact) mass is 419 g/mol. The maximum Gasteiger partial charge on any atom is 0.291 e. The summed E-state index contributed by atoms with van der Waals surface area (Å²) in [7, 11) is 0. The molecule has 0 aliphatic rings. The first-order chi connectivity index (χ1) is 15.8. The van der Waals surface area contributed by atoms with Gasteiger partial charge in [-0.3, -0.25) is 4.57 Å². The van der Waals surface area contributed by atoms with Gasteiger partial charge in [-0.2, -0.15) is 0 Å². The third-order valence-corrected chi connectivity index (χ3v) is 5.14. The van der Waals surface area contributed by atoms with Gasteiger partial charge in [0.2, 0.25) is 5.88 Å². The Labute approximate surface area is 183 Å². The summed E-state index contributed by atoms with van der Waals surface area (Å²) in [5, 5.41) is 2.23. The molecule has 0 atom stereocenters. The van der Waals surface area contributed by atoms with Crippen LogP contribution in [0.3, 0.4) is 0 Å². The van der Waals surface area contributed by atoms with Gasteiger partial charge in [0.25, 0.3) is 5.95 Å². The van der Waals surface area contributed by atoms with Crippen molar-refractivity contribution in [3.63, 3.8) is 0 Å². The van der Waals surface area contributed by atoms with E-state index in [1.54, 1.807) is 30.8 Å². The van der Waals surface area contributed by atoms with E-state index in [4.69, 9.17) is 13.9 Å². The lowest BCUT2D eigenvalue weighted by molar-refractivity contribution is 0.345. The number of para-hydroxylation sites is 1. The zero-order valence-corrected chi connectivity index (χ0v) is 16.9. The second kappa shape index (κ2) is 7.59. The molecule has 6 nitrogen and oxygen atoms in total. The summed E-state index contributed by atoms with van der Waals surface area (Å²) in [4.78, 5) is 8.78. The van der Waals surface area contributed by atoms with Crippen LogP contribution >= 0.6 is 0 Å². The normalized spacial score (nSPS) is 11.1. The number of ether oxygens (including phenoxy) is 2.